The molecule has 2 fully saturated rings. The highest BCUT2D eigenvalue weighted by molar-refractivity contribution is 7.09. The number of hydrogen-bond donors (Lipinski definition) is 0. The van der Waals surface area contributed by atoms with E-state index in [4.69, 9.17) is 4.74 Å². The maximum absolute atomic E-state index is 5.43. The minimum atomic E-state index is 0.490. The molecule has 6 nitrogen and oxygen atoms in total. The molecule has 0 bridgehead atoms. The fourth-order valence-electron chi connectivity index (χ4n) is 3.86. The first kappa shape index (κ1) is 17.1. The summed E-state index contributed by atoms with van der Waals surface area (Å²) < 4.78 is 7.66. The number of ether oxygens (including phenoxy) is 1. The number of aromatic nitrogens is 3. The molecule has 0 unspecified atom stereocenters. The van der Waals surface area contributed by atoms with Gasteiger partial charge in [0.05, 0.1) is 19.8 Å². The second-order valence-corrected chi connectivity index (χ2v) is 8.11. The molecular weight excluding hydrogens is 334 g/mol. The van der Waals surface area contributed by atoms with Crippen LogP contribution in [0.5, 0.6) is 0 Å². The van der Waals surface area contributed by atoms with Crippen LogP contribution >= 0.6 is 11.3 Å². The van der Waals surface area contributed by atoms with E-state index in [1.54, 1.807) is 0 Å². The van der Waals surface area contributed by atoms with Crippen molar-refractivity contribution < 1.29 is 4.74 Å². The van der Waals surface area contributed by atoms with E-state index in [0.29, 0.717) is 5.92 Å². The Morgan fingerprint density at radius 3 is 2.84 bits per heavy atom. The summed E-state index contributed by atoms with van der Waals surface area (Å²) in [6.07, 6.45) is 2.45. The van der Waals surface area contributed by atoms with Crippen LogP contribution in [-0.2, 0) is 24.9 Å². The predicted octanol–water partition coefficient (Wildman–Crippen LogP) is 2.09. The van der Waals surface area contributed by atoms with E-state index < -0.39 is 0 Å². The van der Waals surface area contributed by atoms with Crippen molar-refractivity contribution in [3.8, 4) is 0 Å². The summed E-state index contributed by atoms with van der Waals surface area (Å²) in [7, 11) is 2.13. The van der Waals surface area contributed by atoms with Gasteiger partial charge in [-0.3, -0.25) is 9.80 Å². The van der Waals surface area contributed by atoms with E-state index in [0.717, 1.165) is 57.6 Å². The Hall–Kier alpha value is -1.28. The molecule has 0 radical (unpaired) electrons. The van der Waals surface area contributed by atoms with Gasteiger partial charge in [0.25, 0.3) is 0 Å². The molecule has 2 aliphatic rings. The molecule has 0 amide bonds. The van der Waals surface area contributed by atoms with Crippen LogP contribution < -0.4 is 0 Å². The molecule has 4 rings (SSSR count). The minimum Gasteiger partial charge on any atom is -0.379 e. The number of piperidine rings is 1. The second kappa shape index (κ2) is 7.95. The Morgan fingerprint density at radius 2 is 2.04 bits per heavy atom. The van der Waals surface area contributed by atoms with Crippen LogP contribution in [0.2, 0.25) is 0 Å². The summed E-state index contributed by atoms with van der Waals surface area (Å²) in [4.78, 5) is 6.42. The van der Waals surface area contributed by atoms with Crippen LogP contribution in [0.25, 0.3) is 0 Å². The summed E-state index contributed by atoms with van der Waals surface area (Å²) >= 11 is 1.85. The van der Waals surface area contributed by atoms with Gasteiger partial charge >= 0.3 is 0 Å². The third kappa shape index (κ3) is 4.11. The lowest BCUT2D eigenvalue weighted by molar-refractivity contribution is 0.0326. The molecule has 7 heteroatoms. The standard InChI is InChI=1S/C18H27N5OS/c1-21-17(14-22-7-9-24-10-8-22)19-20-18(21)15-4-2-6-23(12-15)13-16-5-3-11-25-16/h3,5,11,15H,2,4,6-10,12-14H2,1H3/t15-/m1/s1. The Labute approximate surface area is 153 Å². The number of hydrogen-bond acceptors (Lipinski definition) is 6. The molecule has 2 aliphatic heterocycles. The van der Waals surface area contributed by atoms with E-state index in [1.807, 2.05) is 11.3 Å². The maximum Gasteiger partial charge on any atom is 0.146 e. The van der Waals surface area contributed by atoms with Crippen molar-refractivity contribution in [1.82, 2.24) is 24.6 Å². The first-order valence-electron chi connectivity index (χ1n) is 9.22. The van der Waals surface area contributed by atoms with Gasteiger partial charge in [-0.1, -0.05) is 6.07 Å². The number of thiophene rings is 1. The first-order valence-corrected chi connectivity index (χ1v) is 10.1. The van der Waals surface area contributed by atoms with Gasteiger partial charge in [-0.05, 0) is 30.8 Å². The number of likely N-dealkylation sites (tertiary alicyclic amines) is 1. The van der Waals surface area contributed by atoms with Crippen LogP contribution in [0.15, 0.2) is 17.5 Å². The van der Waals surface area contributed by atoms with E-state index in [-0.39, 0.29) is 0 Å². The molecule has 0 spiro atoms. The van der Waals surface area contributed by atoms with Gasteiger partial charge in [-0.15, -0.1) is 21.5 Å². The van der Waals surface area contributed by atoms with E-state index in [1.165, 1.54) is 24.3 Å². The quantitative estimate of drug-likeness (QED) is 0.816. The second-order valence-electron chi connectivity index (χ2n) is 7.08. The maximum atomic E-state index is 5.43. The predicted molar refractivity (Wildman–Crippen MR) is 98.7 cm³/mol. The molecule has 2 aromatic heterocycles. The summed E-state index contributed by atoms with van der Waals surface area (Å²) in [5.41, 5.74) is 0. The Balaban J connectivity index is 1.40. The van der Waals surface area contributed by atoms with Gasteiger partial charge in [0.1, 0.15) is 11.6 Å². The molecule has 0 N–H and O–H groups in total. The molecule has 0 saturated carbocycles. The van der Waals surface area contributed by atoms with Gasteiger partial charge in [-0.25, -0.2) is 0 Å². The van der Waals surface area contributed by atoms with Crippen LogP contribution in [0, 0.1) is 0 Å². The summed E-state index contributed by atoms with van der Waals surface area (Å²) in [6, 6.07) is 4.37. The van der Waals surface area contributed by atoms with Crippen molar-refractivity contribution in [1.29, 1.82) is 0 Å². The van der Waals surface area contributed by atoms with Gasteiger partial charge in [0.15, 0.2) is 0 Å². The highest BCUT2D eigenvalue weighted by Gasteiger charge is 2.26. The third-order valence-electron chi connectivity index (χ3n) is 5.30. The third-order valence-corrected chi connectivity index (χ3v) is 6.16. The summed E-state index contributed by atoms with van der Waals surface area (Å²) in [6.45, 7) is 7.83. The normalized spacial score (nSPS) is 23.2. The van der Waals surface area contributed by atoms with Crippen LogP contribution in [0.1, 0.15) is 35.3 Å². The molecule has 0 aromatic carbocycles. The summed E-state index contributed by atoms with van der Waals surface area (Å²) in [5.74, 6) is 2.72. The largest absolute Gasteiger partial charge is 0.379 e. The summed E-state index contributed by atoms with van der Waals surface area (Å²) in [5, 5.41) is 11.2. The van der Waals surface area contributed by atoms with E-state index in [9.17, 15) is 0 Å². The van der Waals surface area contributed by atoms with Crippen molar-refractivity contribution in [3.63, 3.8) is 0 Å². The first-order chi connectivity index (χ1) is 12.3. The monoisotopic (exact) mass is 361 g/mol. The SMILES string of the molecule is Cn1c(CN2CCOCC2)nnc1[C@@H]1CCCN(Cc2cccs2)C1. The van der Waals surface area contributed by atoms with Crippen LogP contribution in [0.3, 0.4) is 0 Å². The van der Waals surface area contributed by atoms with E-state index in [2.05, 4.69) is 49.1 Å². The molecule has 1 atom stereocenters. The lowest BCUT2D eigenvalue weighted by atomic mass is 9.97. The number of morpholine rings is 1. The van der Waals surface area contributed by atoms with Gasteiger partial charge < -0.3 is 9.30 Å². The van der Waals surface area contributed by atoms with E-state index >= 15 is 0 Å². The van der Waals surface area contributed by atoms with Gasteiger partial charge in [0, 0.05) is 44.0 Å². The van der Waals surface area contributed by atoms with Crippen molar-refractivity contribution in [2.75, 3.05) is 39.4 Å². The zero-order chi connectivity index (χ0) is 17.1. The Morgan fingerprint density at radius 1 is 1.16 bits per heavy atom. The molecule has 136 valence electrons. The van der Waals surface area contributed by atoms with Gasteiger partial charge in [0.2, 0.25) is 0 Å². The molecule has 2 aromatic rings. The number of rotatable bonds is 5. The Bertz CT molecular complexity index is 665. The van der Waals surface area contributed by atoms with Crippen molar-refractivity contribution in [2.24, 2.45) is 7.05 Å². The van der Waals surface area contributed by atoms with Crippen molar-refractivity contribution >= 4 is 11.3 Å². The molecular formula is C18H27N5OS. The number of nitrogens with zero attached hydrogens (tertiary/aromatic N) is 5. The topological polar surface area (TPSA) is 46.4 Å². The average molecular weight is 362 g/mol. The highest BCUT2D eigenvalue weighted by Crippen LogP contribution is 2.27. The zero-order valence-electron chi connectivity index (χ0n) is 14.9. The lowest BCUT2D eigenvalue weighted by Gasteiger charge is -2.32. The lowest BCUT2D eigenvalue weighted by Crippen LogP contribution is -2.36. The molecule has 25 heavy (non-hydrogen) atoms. The Kier molecular flexibility index (Phi) is 5.45. The van der Waals surface area contributed by atoms with Crippen molar-refractivity contribution in [3.05, 3.63) is 34.0 Å². The van der Waals surface area contributed by atoms with Crippen LogP contribution in [-0.4, -0.2) is 64.0 Å². The van der Waals surface area contributed by atoms with Crippen LogP contribution in [0.4, 0.5) is 0 Å². The molecule has 0 aliphatic carbocycles. The fraction of sp³-hybridized carbons (Fsp3) is 0.667. The van der Waals surface area contributed by atoms with Crippen molar-refractivity contribution in [2.45, 2.75) is 31.8 Å². The zero-order valence-corrected chi connectivity index (χ0v) is 15.7. The average Bonchev–Trinajstić information content (AvgIpc) is 3.27. The highest BCUT2D eigenvalue weighted by atomic mass is 32.1. The molecule has 2 saturated heterocycles. The smallest absolute Gasteiger partial charge is 0.146 e. The fourth-order valence-corrected chi connectivity index (χ4v) is 4.61. The van der Waals surface area contributed by atoms with Gasteiger partial charge in [-0.2, -0.15) is 0 Å². The molecule has 4 heterocycles. The minimum absolute atomic E-state index is 0.490.